The Balaban J connectivity index is 1.70. The van der Waals surface area contributed by atoms with Crippen LogP contribution in [0.25, 0.3) is 11.3 Å². The van der Waals surface area contributed by atoms with Crippen LogP contribution in [0.3, 0.4) is 0 Å². The zero-order chi connectivity index (χ0) is 18.7. The molecule has 3 rings (SSSR count). The first-order valence-electron chi connectivity index (χ1n) is 8.58. The number of amides is 1. The predicted octanol–water partition coefficient (Wildman–Crippen LogP) is 5.25. The summed E-state index contributed by atoms with van der Waals surface area (Å²) in [5, 5.41) is 5.46. The van der Waals surface area contributed by atoms with Crippen molar-refractivity contribution in [2.45, 2.75) is 19.8 Å². The number of rotatable bonds is 5. The molecule has 5 heteroatoms. The number of carbonyl (C=O) groups excluding carboxylic acids is 1. The molecule has 0 atom stereocenters. The molecule has 0 saturated heterocycles. The van der Waals surface area contributed by atoms with E-state index in [2.05, 4.69) is 48.4 Å². The largest absolute Gasteiger partial charge is 0.378 e. The van der Waals surface area contributed by atoms with Crippen LogP contribution in [0.15, 0.2) is 53.9 Å². The van der Waals surface area contributed by atoms with Gasteiger partial charge in [0.15, 0.2) is 5.13 Å². The van der Waals surface area contributed by atoms with E-state index >= 15 is 0 Å². The van der Waals surface area contributed by atoms with Crippen LogP contribution in [0.1, 0.15) is 35.7 Å². The van der Waals surface area contributed by atoms with Gasteiger partial charge in [0.05, 0.1) is 5.69 Å². The van der Waals surface area contributed by atoms with Crippen LogP contribution >= 0.6 is 11.3 Å². The topological polar surface area (TPSA) is 45.2 Å². The Labute approximate surface area is 158 Å². The van der Waals surface area contributed by atoms with Gasteiger partial charge in [-0.2, -0.15) is 0 Å². The van der Waals surface area contributed by atoms with Gasteiger partial charge in [0.1, 0.15) is 0 Å². The van der Waals surface area contributed by atoms with Gasteiger partial charge < -0.3 is 4.90 Å². The highest BCUT2D eigenvalue weighted by molar-refractivity contribution is 7.14. The molecule has 1 heterocycles. The molecule has 0 spiro atoms. The molecule has 0 saturated carbocycles. The van der Waals surface area contributed by atoms with Crippen molar-refractivity contribution in [2.24, 2.45) is 0 Å². The molecular weight excluding hydrogens is 342 g/mol. The van der Waals surface area contributed by atoms with Crippen LogP contribution in [0.4, 0.5) is 10.8 Å². The molecule has 0 bridgehead atoms. The lowest BCUT2D eigenvalue weighted by molar-refractivity contribution is 0.102. The third kappa shape index (κ3) is 4.11. The van der Waals surface area contributed by atoms with E-state index in [0.29, 0.717) is 16.6 Å². The second-order valence-electron chi connectivity index (χ2n) is 6.71. The zero-order valence-corrected chi connectivity index (χ0v) is 16.3. The summed E-state index contributed by atoms with van der Waals surface area (Å²) in [6, 6.07) is 15.9. The van der Waals surface area contributed by atoms with Gasteiger partial charge in [-0.1, -0.05) is 38.1 Å². The van der Waals surface area contributed by atoms with E-state index in [1.807, 2.05) is 48.6 Å². The van der Waals surface area contributed by atoms with Crippen LogP contribution in [-0.4, -0.2) is 25.0 Å². The second-order valence-corrected chi connectivity index (χ2v) is 7.57. The van der Waals surface area contributed by atoms with Gasteiger partial charge in [-0.25, -0.2) is 4.98 Å². The molecule has 0 aliphatic carbocycles. The van der Waals surface area contributed by atoms with Crippen molar-refractivity contribution in [1.29, 1.82) is 0 Å². The van der Waals surface area contributed by atoms with Gasteiger partial charge in [0, 0.05) is 36.3 Å². The monoisotopic (exact) mass is 365 g/mol. The molecule has 1 amide bonds. The van der Waals surface area contributed by atoms with Crippen molar-refractivity contribution in [3.05, 3.63) is 65.0 Å². The molecule has 0 fully saturated rings. The summed E-state index contributed by atoms with van der Waals surface area (Å²) in [7, 11) is 3.94. The molecule has 0 radical (unpaired) electrons. The van der Waals surface area contributed by atoms with E-state index in [1.165, 1.54) is 16.9 Å². The number of aromatic nitrogens is 1. The minimum absolute atomic E-state index is 0.147. The first-order chi connectivity index (χ1) is 12.4. The molecule has 134 valence electrons. The lowest BCUT2D eigenvalue weighted by atomic mass is 10.0. The SMILES string of the molecule is CC(C)c1ccc(-c2csc(NC(=O)c3ccc(N(C)C)cc3)n2)cc1. The fraction of sp³-hybridized carbons (Fsp3) is 0.238. The fourth-order valence-electron chi connectivity index (χ4n) is 2.58. The first-order valence-corrected chi connectivity index (χ1v) is 9.46. The van der Waals surface area contributed by atoms with Crippen molar-refractivity contribution in [3.8, 4) is 11.3 Å². The van der Waals surface area contributed by atoms with Gasteiger partial charge in [-0.15, -0.1) is 11.3 Å². The number of anilines is 2. The minimum atomic E-state index is -0.147. The Morgan fingerprint density at radius 2 is 1.69 bits per heavy atom. The predicted molar refractivity (Wildman–Crippen MR) is 110 cm³/mol. The van der Waals surface area contributed by atoms with Gasteiger partial charge in [-0.3, -0.25) is 10.1 Å². The van der Waals surface area contributed by atoms with Crippen LogP contribution < -0.4 is 10.2 Å². The summed E-state index contributed by atoms with van der Waals surface area (Å²) in [5.41, 5.74) is 4.92. The van der Waals surface area contributed by atoms with E-state index in [9.17, 15) is 4.79 Å². The van der Waals surface area contributed by atoms with Crippen molar-refractivity contribution >= 4 is 28.1 Å². The number of thiazole rings is 1. The maximum atomic E-state index is 12.4. The Hall–Kier alpha value is -2.66. The minimum Gasteiger partial charge on any atom is -0.378 e. The number of nitrogens with zero attached hydrogens (tertiary/aromatic N) is 2. The molecular formula is C21H23N3OS. The maximum Gasteiger partial charge on any atom is 0.257 e. The Morgan fingerprint density at radius 3 is 2.27 bits per heavy atom. The molecule has 0 aliphatic heterocycles. The smallest absolute Gasteiger partial charge is 0.257 e. The third-order valence-corrected chi connectivity index (χ3v) is 5.00. The average Bonchev–Trinajstić information content (AvgIpc) is 3.10. The summed E-state index contributed by atoms with van der Waals surface area (Å²) < 4.78 is 0. The fourth-order valence-corrected chi connectivity index (χ4v) is 3.30. The third-order valence-electron chi connectivity index (χ3n) is 4.24. The summed E-state index contributed by atoms with van der Waals surface area (Å²) in [6.07, 6.45) is 0. The number of benzene rings is 2. The van der Waals surface area contributed by atoms with Crippen LogP contribution in [0, 0.1) is 0 Å². The van der Waals surface area contributed by atoms with Crippen molar-refractivity contribution < 1.29 is 4.79 Å². The summed E-state index contributed by atoms with van der Waals surface area (Å²) in [6.45, 7) is 4.35. The molecule has 3 aromatic rings. The van der Waals surface area contributed by atoms with Crippen LogP contribution in [-0.2, 0) is 0 Å². The molecule has 2 aromatic carbocycles. The second kappa shape index (κ2) is 7.70. The maximum absolute atomic E-state index is 12.4. The Kier molecular flexibility index (Phi) is 5.38. The van der Waals surface area contributed by atoms with E-state index in [1.54, 1.807) is 0 Å². The normalized spacial score (nSPS) is 10.8. The summed E-state index contributed by atoms with van der Waals surface area (Å²) in [5.74, 6) is 0.361. The lowest BCUT2D eigenvalue weighted by Gasteiger charge is -2.12. The van der Waals surface area contributed by atoms with E-state index in [0.717, 1.165) is 16.9 Å². The van der Waals surface area contributed by atoms with Crippen molar-refractivity contribution in [2.75, 3.05) is 24.3 Å². The van der Waals surface area contributed by atoms with Gasteiger partial charge in [0.2, 0.25) is 0 Å². The summed E-state index contributed by atoms with van der Waals surface area (Å²) >= 11 is 1.43. The van der Waals surface area contributed by atoms with Crippen LogP contribution in [0.5, 0.6) is 0 Å². The molecule has 1 aromatic heterocycles. The average molecular weight is 366 g/mol. The molecule has 1 N–H and O–H groups in total. The zero-order valence-electron chi connectivity index (χ0n) is 15.5. The van der Waals surface area contributed by atoms with E-state index < -0.39 is 0 Å². The van der Waals surface area contributed by atoms with Crippen molar-refractivity contribution in [1.82, 2.24) is 4.98 Å². The highest BCUT2D eigenvalue weighted by atomic mass is 32.1. The lowest BCUT2D eigenvalue weighted by Crippen LogP contribution is -2.13. The quantitative estimate of drug-likeness (QED) is 0.671. The van der Waals surface area contributed by atoms with E-state index in [4.69, 9.17) is 0 Å². The van der Waals surface area contributed by atoms with Gasteiger partial charge >= 0.3 is 0 Å². The van der Waals surface area contributed by atoms with E-state index in [-0.39, 0.29) is 5.91 Å². The standard InChI is InChI=1S/C21H23N3OS/c1-14(2)15-5-7-16(8-6-15)19-13-26-21(22-19)23-20(25)17-9-11-18(12-10-17)24(3)4/h5-14H,1-4H3,(H,22,23,25). The van der Waals surface area contributed by atoms with Gasteiger partial charge in [-0.05, 0) is 35.7 Å². The first kappa shape index (κ1) is 18.1. The Bertz CT molecular complexity index is 880. The van der Waals surface area contributed by atoms with Crippen molar-refractivity contribution in [3.63, 3.8) is 0 Å². The number of nitrogens with one attached hydrogen (secondary N) is 1. The highest BCUT2D eigenvalue weighted by Gasteiger charge is 2.11. The molecule has 0 unspecified atom stereocenters. The molecule has 26 heavy (non-hydrogen) atoms. The number of hydrogen-bond acceptors (Lipinski definition) is 4. The van der Waals surface area contributed by atoms with Crippen LogP contribution in [0.2, 0.25) is 0 Å². The summed E-state index contributed by atoms with van der Waals surface area (Å²) in [4.78, 5) is 18.9. The number of carbonyl (C=O) groups is 1. The Morgan fingerprint density at radius 1 is 1.04 bits per heavy atom. The highest BCUT2D eigenvalue weighted by Crippen LogP contribution is 2.27. The molecule has 4 nitrogen and oxygen atoms in total. The van der Waals surface area contributed by atoms with Gasteiger partial charge in [0.25, 0.3) is 5.91 Å². The number of hydrogen-bond donors (Lipinski definition) is 1. The molecule has 0 aliphatic rings.